The van der Waals surface area contributed by atoms with Gasteiger partial charge in [-0.05, 0) is 6.42 Å². The predicted octanol–water partition coefficient (Wildman–Crippen LogP) is 5.91. The van der Waals surface area contributed by atoms with Crippen LogP contribution < -0.4 is 0 Å². The number of rotatable bonds is 48. The zero-order valence-electron chi connectivity index (χ0n) is 34.5. The second-order valence-corrected chi connectivity index (χ2v) is 12.7. The molecule has 326 valence electrons. The second-order valence-electron chi connectivity index (χ2n) is 12.7. The Kier molecular flexibility index (Phi) is 46.9. The highest BCUT2D eigenvalue weighted by molar-refractivity contribution is 5.81. The molecular weight excluding hydrogens is 716 g/mol. The van der Waals surface area contributed by atoms with Gasteiger partial charge < -0.3 is 56.8 Å². The first-order valence-electron chi connectivity index (χ1n) is 20.9. The molecule has 0 aromatic heterocycles. The third-order valence-electron chi connectivity index (χ3n) is 7.96. The third-order valence-corrected chi connectivity index (χ3v) is 7.96. The smallest absolute Gasteiger partial charge is 0.330 e. The van der Waals surface area contributed by atoms with E-state index in [0.717, 1.165) is 18.9 Å². The Labute approximate surface area is 332 Å². The number of unbranched alkanes of at least 4 members (excludes halogenated alkanes) is 12. The van der Waals surface area contributed by atoms with E-state index in [2.05, 4.69) is 13.5 Å². The van der Waals surface area contributed by atoms with Gasteiger partial charge in [-0.3, -0.25) is 4.79 Å². The summed E-state index contributed by atoms with van der Waals surface area (Å²) < 4.78 is 64.5. The monoisotopic (exact) mass is 795 g/mol. The maximum Gasteiger partial charge on any atom is 0.330 e. The molecule has 0 bridgehead atoms. The molecule has 0 unspecified atom stereocenters. The van der Waals surface area contributed by atoms with Gasteiger partial charge in [0.2, 0.25) is 0 Å². The number of hydrogen-bond donors (Lipinski definition) is 0. The minimum absolute atomic E-state index is 0.136. The van der Waals surface area contributed by atoms with E-state index in [1.807, 2.05) is 0 Å². The highest BCUT2D eigenvalue weighted by Gasteiger charge is 2.03. The molecule has 0 aliphatic heterocycles. The summed E-state index contributed by atoms with van der Waals surface area (Å²) in [6, 6.07) is 0. The second kappa shape index (κ2) is 48.4. The van der Waals surface area contributed by atoms with Crippen LogP contribution in [0.2, 0.25) is 0 Å². The molecule has 0 radical (unpaired) electrons. The summed E-state index contributed by atoms with van der Waals surface area (Å²) in [6.07, 6.45) is 18.4. The van der Waals surface area contributed by atoms with Gasteiger partial charge in [0, 0.05) is 12.5 Å². The van der Waals surface area contributed by atoms with Crippen molar-refractivity contribution >= 4 is 11.9 Å². The fraction of sp³-hybridized carbons (Fsp3) is 0.902. The van der Waals surface area contributed by atoms with Gasteiger partial charge in [0.1, 0.15) is 13.2 Å². The molecule has 0 aromatic rings. The van der Waals surface area contributed by atoms with E-state index in [0.29, 0.717) is 139 Å². The molecule has 0 aromatic carbocycles. The number of ether oxygens (including phenoxy) is 12. The zero-order valence-corrected chi connectivity index (χ0v) is 34.5. The Morgan fingerprint density at radius 3 is 0.855 bits per heavy atom. The number of carbonyl (C=O) groups excluding carboxylic acids is 2. The van der Waals surface area contributed by atoms with E-state index < -0.39 is 5.97 Å². The average Bonchev–Trinajstić information content (AvgIpc) is 3.19. The molecule has 0 N–H and O–H groups in total. The van der Waals surface area contributed by atoms with Crippen molar-refractivity contribution in [1.29, 1.82) is 0 Å². The van der Waals surface area contributed by atoms with E-state index in [1.54, 1.807) is 0 Å². The lowest BCUT2D eigenvalue weighted by atomic mass is 10.0. The molecule has 0 saturated carbocycles. The lowest BCUT2D eigenvalue weighted by molar-refractivity contribution is -0.145. The molecule has 0 atom stereocenters. The molecule has 0 aliphatic rings. The minimum atomic E-state index is -0.461. The van der Waals surface area contributed by atoms with Gasteiger partial charge in [-0.2, -0.15) is 0 Å². The Balaban J connectivity index is 3.13. The fourth-order valence-corrected chi connectivity index (χ4v) is 4.92. The highest BCUT2D eigenvalue weighted by Crippen LogP contribution is 2.13. The van der Waals surface area contributed by atoms with Gasteiger partial charge in [0.25, 0.3) is 0 Å². The summed E-state index contributed by atoms with van der Waals surface area (Å²) >= 11 is 0. The molecule has 0 heterocycles. The van der Waals surface area contributed by atoms with Crippen molar-refractivity contribution in [2.45, 2.75) is 96.8 Å². The van der Waals surface area contributed by atoms with E-state index >= 15 is 0 Å². The first-order chi connectivity index (χ1) is 27.2. The first-order valence-corrected chi connectivity index (χ1v) is 20.9. The molecule has 0 rings (SSSR count). The predicted molar refractivity (Wildman–Crippen MR) is 211 cm³/mol. The van der Waals surface area contributed by atoms with Crippen molar-refractivity contribution < 1.29 is 66.4 Å². The summed E-state index contributed by atoms with van der Waals surface area (Å²) in [4.78, 5) is 22.7. The first kappa shape index (κ1) is 53.3. The molecule has 0 aliphatic carbocycles. The van der Waals surface area contributed by atoms with Crippen LogP contribution in [0.3, 0.4) is 0 Å². The fourth-order valence-electron chi connectivity index (χ4n) is 4.92. The van der Waals surface area contributed by atoms with Crippen LogP contribution >= 0.6 is 0 Å². The zero-order chi connectivity index (χ0) is 39.8. The molecule has 14 heteroatoms. The van der Waals surface area contributed by atoms with Gasteiger partial charge in [0.15, 0.2) is 0 Å². The van der Waals surface area contributed by atoms with Crippen LogP contribution in [-0.4, -0.2) is 157 Å². The standard InChI is InChI=1S/C41H78O14/c1-3-5-6-7-8-9-10-11-12-13-14-15-16-17-41(43)55-39-37-53-35-33-51-31-29-49-27-25-47-23-21-45-19-18-44-20-22-46-24-26-48-28-30-50-32-34-52-36-38-54-40(42)4-2/h4H,2-3,5-39H2,1H3. The quantitative estimate of drug-likeness (QED) is 0.0409. The van der Waals surface area contributed by atoms with Gasteiger partial charge in [-0.15, -0.1) is 0 Å². The van der Waals surface area contributed by atoms with Crippen molar-refractivity contribution in [1.82, 2.24) is 0 Å². The van der Waals surface area contributed by atoms with Crippen LogP contribution in [0.15, 0.2) is 12.7 Å². The van der Waals surface area contributed by atoms with Crippen molar-refractivity contribution in [2.75, 3.05) is 145 Å². The normalized spacial score (nSPS) is 11.3. The van der Waals surface area contributed by atoms with Gasteiger partial charge in [0.05, 0.1) is 132 Å². The van der Waals surface area contributed by atoms with Gasteiger partial charge in [-0.1, -0.05) is 90.6 Å². The summed E-state index contributed by atoms with van der Waals surface area (Å²) in [5.41, 5.74) is 0. The average molecular weight is 795 g/mol. The number of carbonyl (C=O) groups is 2. The molecule has 0 amide bonds. The van der Waals surface area contributed by atoms with E-state index in [1.165, 1.54) is 70.6 Å². The summed E-state index contributed by atoms with van der Waals surface area (Å²) in [6.45, 7) is 15.3. The molecular formula is C41H78O14. The summed E-state index contributed by atoms with van der Waals surface area (Å²) in [7, 11) is 0. The topological polar surface area (TPSA) is 145 Å². The lowest BCUT2D eigenvalue weighted by Crippen LogP contribution is -2.15. The minimum Gasteiger partial charge on any atom is -0.463 e. The maximum absolute atomic E-state index is 11.9. The molecule has 14 nitrogen and oxygen atoms in total. The van der Waals surface area contributed by atoms with Crippen molar-refractivity contribution in [3.63, 3.8) is 0 Å². The Hall–Kier alpha value is -1.72. The van der Waals surface area contributed by atoms with Crippen LogP contribution in [0.5, 0.6) is 0 Å². The van der Waals surface area contributed by atoms with Crippen molar-refractivity contribution in [2.24, 2.45) is 0 Å². The van der Waals surface area contributed by atoms with E-state index in [4.69, 9.17) is 56.8 Å². The van der Waals surface area contributed by atoms with Crippen LogP contribution in [0.4, 0.5) is 0 Å². The highest BCUT2D eigenvalue weighted by atomic mass is 16.6. The van der Waals surface area contributed by atoms with Crippen LogP contribution in [-0.2, 0) is 66.4 Å². The summed E-state index contributed by atoms with van der Waals surface area (Å²) in [5, 5.41) is 0. The van der Waals surface area contributed by atoms with Crippen molar-refractivity contribution in [3.8, 4) is 0 Å². The van der Waals surface area contributed by atoms with E-state index in [-0.39, 0.29) is 19.2 Å². The Morgan fingerprint density at radius 1 is 0.345 bits per heavy atom. The molecule has 0 saturated heterocycles. The Bertz CT molecular complexity index is 788. The largest absolute Gasteiger partial charge is 0.463 e. The lowest BCUT2D eigenvalue weighted by Gasteiger charge is -2.09. The van der Waals surface area contributed by atoms with Gasteiger partial charge in [-0.25, -0.2) is 4.79 Å². The van der Waals surface area contributed by atoms with E-state index in [9.17, 15) is 9.59 Å². The summed E-state index contributed by atoms with van der Waals surface area (Å²) in [5.74, 6) is -0.597. The molecule has 55 heavy (non-hydrogen) atoms. The van der Waals surface area contributed by atoms with Crippen LogP contribution in [0.25, 0.3) is 0 Å². The van der Waals surface area contributed by atoms with Gasteiger partial charge >= 0.3 is 11.9 Å². The number of esters is 2. The maximum atomic E-state index is 11.9. The SMILES string of the molecule is C=CC(=O)OCCOCCOCCOCCOCCOCCOCCOCCOCCOCCOCCOC(=O)CCCCCCCCCCCCCCC. The molecule has 0 spiro atoms. The third kappa shape index (κ3) is 48.4. The number of hydrogen-bond acceptors (Lipinski definition) is 14. The van der Waals surface area contributed by atoms with Crippen LogP contribution in [0, 0.1) is 0 Å². The van der Waals surface area contributed by atoms with Crippen LogP contribution in [0.1, 0.15) is 96.8 Å². The Morgan fingerprint density at radius 2 is 0.582 bits per heavy atom. The molecule has 0 fully saturated rings. The van der Waals surface area contributed by atoms with Crippen molar-refractivity contribution in [3.05, 3.63) is 12.7 Å².